The van der Waals surface area contributed by atoms with Gasteiger partial charge in [0, 0.05) is 61.0 Å². The summed E-state index contributed by atoms with van der Waals surface area (Å²) in [5.41, 5.74) is 8.48. The topological polar surface area (TPSA) is 64.8 Å². The third-order valence-corrected chi connectivity index (χ3v) is 7.55. The summed E-state index contributed by atoms with van der Waals surface area (Å²) >= 11 is 18.9. The first-order chi connectivity index (χ1) is 15.8. The molecule has 2 amide bonds. The van der Waals surface area contributed by atoms with E-state index in [0.29, 0.717) is 21.1 Å². The summed E-state index contributed by atoms with van der Waals surface area (Å²) in [6.07, 6.45) is 2.12. The number of piperidine rings is 1. The summed E-state index contributed by atoms with van der Waals surface area (Å²) < 4.78 is 0. The molecule has 2 unspecified atom stereocenters. The number of rotatable bonds is 5. The Balaban J connectivity index is 1.39. The van der Waals surface area contributed by atoms with Crippen LogP contribution >= 0.6 is 34.8 Å². The minimum absolute atomic E-state index is 0.0288. The molecule has 2 aromatic carbocycles. The molecule has 0 spiro atoms. The van der Waals surface area contributed by atoms with Gasteiger partial charge in [-0.05, 0) is 55.7 Å². The standard InChI is InChI=1S/C24H30Cl3N5O/c1-16(20-6-4-17(25)13-22(20)27)29-23-14-18(5-7-21(23)26)30-9-11-31(12-10-30)19-3-2-8-32(15-19)24(28)33/h4-7,13-14,16,19,29H,2-3,8-12,15H2,1H3,(H2,28,33). The lowest BCUT2D eigenvalue weighted by molar-refractivity contribution is 0.107. The highest BCUT2D eigenvalue weighted by Crippen LogP contribution is 2.33. The van der Waals surface area contributed by atoms with E-state index in [0.717, 1.165) is 69.0 Å². The third-order valence-electron chi connectivity index (χ3n) is 6.65. The number of halogens is 3. The fraction of sp³-hybridized carbons (Fsp3) is 0.458. The highest BCUT2D eigenvalue weighted by Gasteiger charge is 2.29. The second kappa shape index (κ2) is 10.6. The smallest absolute Gasteiger partial charge is 0.314 e. The second-order valence-corrected chi connectivity index (χ2v) is 10.1. The van der Waals surface area contributed by atoms with Crippen LogP contribution in [-0.2, 0) is 0 Å². The van der Waals surface area contributed by atoms with E-state index in [1.165, 1.54) is 0 Å². The van der Waals surface area contributed by atoms with Crippen molar-refractivity contribution >= 4 is 52.2 Å². The van der Waals surface area contributed by atoms with Crippen LogP contribution in [0.5, 0.6) is 0 Å². The number of benzene rings is 2. The maximum absolute atomic E-state index is 11.6. The first-order valence-electron chi connectivity index (χ1n) is 11.4. The van der Waals surface area contributed by atoms with E-state index in [4.69, 9.17) is 40.5 Å². The molecular formula is C24H30Cl3N5O. The Hall–Kier alpha value is -1.86. The van der Waals surface area contributed by atoms with Gasteiger partial charge in [0.25, 0.3) is 0 Å². The van der Waals surface area contributed by atoms with Crippen molar-refractivity contribution < 1.29 is 4.79 Å². The normalized spacial score (nSPS) is 20.5. The molecule has 6 nitrogen and oxygen atoms in total. The molecule has 178 valence electrons. The maximum atomic E-state index is 11.6. The Labute approximate surface area is 210 Å². The lowest BCUT2D eigenvalue weighted by Gasteiger charge is -2.43. The van der Waals surface area contributed by atoms with Crippen molar-refractivity contribution in [3.05, 3.63) is 57.0 Å². The maximum Gasteiger partial charge on any atom is 0.314 e. The summed E-state index contributed by atoms with van der Waals surface area (Å²) in [7, 11) is 0. The van der Waals surface area contributed by atoms with Crippen LogP contribution in [0.2, 0.25) is 15.1 Å². The van der Waals surface area contributed by atoms with Gasteiger partial charge in [0.1, 0.15) is 0 Å². The first kappa shape index (κ1) is 24.3. The van der Waals surface area contributed by atoms with E-state index in [2.05, 4.69) is 34.2 Å². The molecule has 33 heavy (non-hydrogen) atoms. The monoisotopic (exact) mass is 509 g/mol. The number of hydrogen-bond acceptors (Lipinski definition) is 4. The number of nitrogens with one attached hydrogen (secondary N) is 1. The van der Waals surface area contributed by atoms with Crippen molar-refractivity contribution in [3.8, 4) is 0 Å². The van der Waals surface area contributed by atoms with Gasteiger partial charge in [0.05, 0.1) is 16.8 Å². The zero-order valence-corrected chi connectivity index (χ0v) is 21.0. The van der Waals surface area contributed by atoms with Crippen LogP contribution in [0, 0.1) is 0 Å². The third kappa shape index (κ3) is 5.80. The number of primary amides is 1. The van der Waals surface area contributed by atoms with Gasteiger partial charge < -0.3 is 20.9 Å². The molecule has 2 fully saturated rings. The molecule has 2 saturated heterocycles. The van der Waals surface area contributed by atoms with Crippen LogP contribution in [0.15, 0.2) is 36.4 Å². The fourth-order valence-corrected chi connectivity index (χ4v) is 5.53. The molecular weight excluding hydrogens is 481 g/mol. The number of nitrogens with two attached hydrogens (primary N) is 1. The van der Waals surface area contributed by atoms with Crippen LogP contribution in [-0.4, -0.2) is 61.1 Å². The number of carbonyl (C=O) groups excluding carboxylic acids is 1. The van der Waals surface area contributed by atoms with Crippen molar-refractivity contribution in [2.24, 2.45) is 5.73 Å². The number of piperazine rings is 1. The van der Waals surface area contributed by atoms with Gasteiger partial charge in [0.15, 0.2) is 0 Å². The van der Waals surface area contributed by atoms with Gasteiger partial charge in [-0.2, -0.15) is 0 Å². The van der Waals surface area contributed by atoms with E-state index < -0.39 is 0 Å². The molecule has 0 saturated carbocycles. The molecule has 0 aliphatic carbocycles. The molecule has 0 aromatic heterocycles. The van der Waals surface area contributed by atoms with E-state index in [-0.39, 0.29) is 12.1 Å². The molecule has 0 radical (unpaired) electrons. The summed E-state index contributed by atoms with van der Waals surface area (Å²) in [4.78, 5) is 18.2. The average Bonchev–Trinajstić information content (AvgIpc) is 2.80. The molecule has 2 atom stereocenters. The number of anilines is 2. The molecule has 2 heterocycles. The molecule has 9 heteroatoms. The Morgan fingerprint density at radius 3 is 2.48 bits per heavy atom. The molecule has 3 N–H and O–H groups in total. The van der Waals surface area contributed by atoms with Gasteiger partial charge >= 0.3 is 6.03 Å². The van der Waals surface area contributed by atoms with Crippen molar-refractivity contribution in [1.29, 1.82) is 0 Å². The van der Waals surface area contributed by atoms with Gasteiger partial charge in [-0.25, -0.2) is 4.79 Å². The number of urea groups is 1. The van der Waals surface area contributed by atoms with Gasteiger partial charge in [0.2, 0.25) is 0 Å². The van der Waals surface area contributed by atoms with E-state index in [1.807, 2.05) is 18.2 Å². The minimum atomic E-state index is -0.311. The fourth-order valence-electron chi connectivity index (χ4n) is 4.78. The van der Waals surface area contributed by atoms with Crippen molar-refractivity contribution in [3.63, 3.8) is 0 Å². The molecule has 2 aliphatic heterocycles. The van der Waals surface area contributed by atoms with E-state index >= 15 is 0 Å². The summed E-state index contributed by atoms with van der Waals surface area (Å²) in [5.74, 6) is 0. The Bertz CT molecular complexity index is 996. The average molecular weight is 511 g/mol. The van der Waals surface area contributed by atoms with Gasteiger partial charge in [-0.1, -0.05) is 40.9 Å². The highest BCUT2D eigenvalue weighted by atomic mass is 35.5. The number of carbonyl (C=O) groups is 1. The largest absolute Gasteiger partial charge is 0.377 e. The first-order valence-corrected chi connectivity index (χ1v) is 12.5. The van der Waals surface area contributed by atoms with Gasteiger partial charge in [-0.15, -0.1) is 0 Å². The summed E-state index contributed by atoms with van der Waals surface area (Å²) in [5, 5.41) is 5.41. The zero-order chi connectivity index (χ0) is 23.5. The number of nitrogens with zero attached hydrogens (tertiary/aromatic N) is 3. The SMILES string of the molecule is CC(Nc1cc(N2CCN(C3CCCN(C(N)=O)C3)CC2)ccc1Cl)c1ccc(Cl)cc1Cl. The second-order valence-electron chi connectivity index (χ2n) is 8.80. The predicted molar refractivity (Wildman–Crippen MR) is 138 cm³/mol. The van der Waals surface area contributed by atoms with Crippen LogP contribution in [0.1, 0.15) is 31.4 Å². The van der Waals surface area contributed by atoms with Crippen LogP contribution < -0.4 is 16.0 Å². The van der Waals surface area contributed by atoms with Crippen molar-refractivity contribution in [2.75, 3.05) is 49.5 Å². The van der Waals surface area contributed by atoms with E-state index in [9.17, 15) is 4.79 Å². The molecule has 2 aliphatic rings. The summed E-state index contributed by atoms with van der Waals surface area (Å²) in [6, 6.07) is 11.7. The van der Waals surface area contributed by atoms with Gasteiger partial charge in [-0.3, -0.25) is 4.90 Å². The van der Waals surface area contributed by atoms with Crippen LogP contribution in [0.4, 0.5) is 16.2 Å². The predicted octanol–water partition coefficient (Wildman–Crippen LogP) is 5.49. The highest BCUT2D eigenvalue weighted by molar-refractivity contribution is 6.35. The molecule has 2 aromatic rings. The Morgan fingerprint density at radius 2 is 1.79 bits per heavy atom. The number of amides is 2. The zero-order valence-electron chi connectivity index (χ0n) is 18.7. The Morgan fingerprint density at radius 1 is 1.03 bits per heavy atom. The molecule has 0 bridgehead atoms. The molecule has 4 rings (SSSR count). The lowest BCUT2D eigenvalue weighted by Crippen LogP contribution is -2.56. The number of hydrogen-bond donors (Lipinski definition) is 2. The van der Waals surface area contributed by atoms with Crippen LogP contribution in [0.25, 0.3) is 0 Å². The Kier molecular flexibility index (Phi) is 7.80. The van der Waals surface area contributed by atoms with Crippen LogP contribution in [0.3, 0.4) is 0 Å². The minimum Gasteiger partial charge on any atom is -0.377 e. The van der Waals surface area contributed by atoms with Crippen molar-refractivity contribution in [2.45, 2.75) is 31.8 Å². The number of likely N-dealkylation sites (tertiary alicyclic amines) is 1. The summed E-state index contributed by atoms with van der Waals surface area (Å²) in [6.45, 7) is 7.32. The van der Waals surface area contributed by atoms with E-state index in [1.54, 1.807) is 11.0 Å². The quantitative estimate of drug-likeness (QED) is 0.559. The lowest BCUT2D eigenvalue weighted by atomic mass is 10.0. The van der Waals surface area contributed by atoms with Crippen molar-refractivity contribution in [1.82, 2.24) is 9.80 Å².